The fraction of sp³-hybridized carbons (Fsp3) is 0.521. The van der Waals surface area contributed by atoms with Gasteiger partial charge in [0.15, 0.2) is 0 Å². The number of amides is 1. The number of alkyl halides is 1. The van der Waals surface area contributed by atoms with Gasteiger partial charge in [0, 0.05) is 65.5 Å². The molecular formula is C48H66Cl2N12O4. The van der Waals surface area contributed by atoms with Crippen molar-refractivity contribution >= 4 is 63.1 Å². The lowest BCUT2D eigenvalue weighted by molar-refractivity contribution is -0.116. The molecule has 18 heteroatoms. The van der Waals surface area contributed by atoms with E-state index in [-0.39, 0.29) is 23.4 Å². The van der Waals surface area contributed by atoms with Crippen LogP contribution in [0.15, 0.2) is 29.3 Å². The van der Waals surface area contributed by atoms with E-state index in [9.17, 15) is 9.59 Å². The summed E-state index contributed by atoms with van der Waals surface area (Å²) in [7, 11) is 3.35. The molecule has 5 N–H and O–H groups in total. The van der Waals surface area contributed by atoms with E-state index in [1.54, 1.807) is 20.4 Å². The molecule has 16 nitrogen and oxygen atoms in total. The maximum Gasteiger partial charge on any atom is 0.261 e. The summed E-state index contributed by atoms with van der Waals surface area (Å²) in [5, 5.41) is 4.46. The number of nitrogens with two attached hydrogens (primary N) is 1. The number of ether oxygens (including phenoxy) is 2. The van der Waals surface area contributed by atoms with Crippen molar-refractivity contribution in [2.45, 2.75) is 124 Å². The molecule has 8 heterocycles. The highest BCUT2D eigenvalue weighted by Crippen LogP contribution is 2.30. The fourth-order valence-electron chi connectivity index (χ4n) is 8.70. The molecule has 2 saturated heterocycles. The first-order valence-corrected chi connectivity index (χ1v) is 24.0. The summed E-state index contributed by atoms with van der Waals surface area (Å²) < 4.78 is 12.9. The normalized spacial score (nSPS) is 14.0. The van der Waals surface area contributed by atoms with Gasteiger partial charge in [0.25, 0.3) is 5.56 Å². The van der Waals surface area contributed by atoms with Crippen LogP contribution in [0.2, 0.25) is 5.15 Å². The zero-order valence-electron chi connectivity index (χ0n) is 39.6. The van der Waals surface area contributed by atoms with Crippen molar-refractivity contribution in [3.8, 4) is 11.5 Å². The number of nitrogens with zero attached hydrogens (tertiary/aromatic N) is 8. The number of aromatic nitrogens is 8. The van der Waals surface area contributed by atoms with Gasteiger partial charge in [-0.15, -0.1) is 11.6 Å². The van der Waals surface area contributed by atoms with Crippen LogP contribution in [0.4, 0.5) is 11.9 Å². The fourth-order valence-corrected chi connectivity index (χ4v) is 9.20. The minimum Gasteiger partial charge on any atom is -0.496 e. The van der Waals surface area contributed by atoms with Gasteiger partial charge < -0.3 is 24.8 Å². The number of hydrogen-bond acceptors (Lipinski definition) is 12. The van der Waals surface area contributed by atoms with E-state index < -0.39 is 0 Å². The average Bonchev–Trinajstić information content (AvgIpc) is 4.13. The summed E-state index contributed by atoms with van der Waals surface area (Å²) in [6, 6.07) is 3.94. The predicted molar refractivity (Wildman–Crippen MR) is 264 cm³/mol. The molecular weight excluding hydrogens is 880 g/mol. The zero-order chi connectivity index (χ0) is 47.3. The number of unbranched alkanes of at least 4 members (excludes halogenated alkanes) is 4. The van der Waals surface area contributed by atoms with E-state index in [0.29, 0.717) is 35.0 Å². The number of carbonyl (C=O) groups is 1. The quantitative estimate of drug-likeness (QED) is 0.0409. The molecule has 0 atom stereocenters. The van der Waals surface area contributed by atoms with Crippen LogP contribution < -0.4 is 26.1 Å². The number of carbonyl (C=O) groups excluding carboxylic acids is 1. The Morgan fingerprint density at radius 1 is 0.788 bits per heavy atom. The van der Waals surface area contributed by atoms with Crippen LogP contribution in [-0.4, -0.2) is 95.6 Å². The minimum atomic E-state index is -0.225. The third-order valence-corrected chi connectivity index (χ3v) is 12.8. The molecule has 0 saturated carbocycles. The maximum absolute atomic E-state index is 12.3. The second kappa shape index (κ2) is 23.9. The van der Waals surface area contributed by atoms with Gasteiger partial charge in [-0.3, -0.25) is 39.7 Å². The van der Waals surface area contributed by atoms with E-state index in [1.165, 1.54) is 38.5 Å². The number of hydrogen-bond donors (Lipinski definition) is 4. The number of nitrogen functional groups attached to an aromatic ring is 1. The lowest BCUT2D eigenvalue weighted by Crippen LogP contribution is -2.21. The smallest absolute Gasteiger partial charge is 0.261 e. The van der Waals surface area contributed by atoms with E-state index in [0.717, 1.165) is 126 Å². The number of nitrogens with one attached hydrogen (secondary N) is 3. The molecule has 0 radical (unpaired) electrons. The van der Waals surface area contributed by atoms with Crippen molar-refractivity contribution in [2.75, 3.05) is 51.4 Å². The van der Waals surface area contributed by atoms with Gasteiger partial charge in [-0.2, -0.15) is 9.97 Å². The lowest BCUT2D eigenvalue weighted by atomic mass is 10.1. The van der Waals surface area contributed by atoms with E-state index >= 15 is 0 Å². The summed E-state index contributed by atoms with van der Waals surface area (Å²) in [5.74, 6) is 2.48. The van der Waals surface area contributed by atoms with Crippen molar-refractivity contribution in [2.24, 2.45) is 0 Å². The summed E-state index contributed by atoms with van der Waals surface area (Å²) in [4.78, 5) is 56.8. The number of pyridine rings is 2. The largest absolute Gasteiger partial charge is 0.496 e. The van der Waals surface area contributed by atoms with E-state index in [1.807, 2.05) is 40.0 Å². The van der Waals surface area contributed by atoms with Gasteiger partial charge in [0.1, 0.15) is 27.9 Å². The molecule has 66 heavy (non-hydrogen) atoms. The number of methoxy groups -OCH3 is 2. The average molecular weight is 946 g/mol. The van der Waals surface area contributed by atoms with Crippen molar-refractivity contribution < 1.29 is 14.3 Å². The second-order valence-corrected chi connectivity index (χ2v) is 17.8. The van der Waals surface area contributed by atoms with Gasteiger partial charge >= 0.3 is 0 Å². The number of aryl methyl sites for hydroxylation is 2. The number of aromatic amines is 2. The monoisotopic (exact) mass is 944 g/mol. The van der Waals surface area contributed by atoms with Crippen molar-refractivity contribution in [3.05, 3.63) is 85.1 Å². The molecule has 6 aromatic heterocycles. The zero-order valence-corrected chi connectivity index (χ0v) is 41.1. The summed E-state index contributed by atoms with van der Waals surface area (Å²) in [6.45, 7) is 16.8. The van der Waals surface area contributed by atoms with Crippen LogP contribution in [-0.2, 0) is 30.3 Å². The number of H-pyrrole nitrogens is 2. The van der Waals surface area contributed by atoms with Gasteiger partial charge in [0.05, 0.1) is 48.8 Å². The molecule has 6 aromatic rings. The molecule has 0 aromatic carbocycles. The Labute approximate surface area is 397 Å². The predicted octanol–water partition coefficient (Wildman–Crippen LogP) is 8.92. The summed E-state index contributed by atoms with van der Waals surface area (Å²) in [6.07, 6.45) is 14.5. The topological polar surface area (TPSA) is 198 Å². The molecule has 0 unspecified atom stereocenters. The molecule has 8 rings (SSSR count). The van der Waals surface area contributed by atoms with Crippen LogP contribution in [0, 0.1) is 27.7 Å². The Morgan fingerprint density at radius 3 is 2.02 bits per heavy atom. The molecule has 2 aliphatic rings. The highest BCUT2D eigenvalue weighted by Gasteiger charge is 2.21. The SMILES string of the molecule is CCCCCCCC(=O)Nc1nc2[nH]c(CN3CCCC3)cc2c(=O)[nH]1.COc1c(C)cnc(CCl)c1C.COc1c(C)cnc(Cn2c(CN3CCCC3)cc3c(Cl)nc(N)nc32)c1C. The lowest BCUT2D eigenvalue weighted by Gasteiger charge is -2.18. The van der Waals surface area contributed by atoms with Crippen molar-refractivity contribution in [3.63, 3.8) is 0 Å². The first-order chi connectivity index (χ1) is 31.8. The van der Waals surface area contributed by atoms with Gasteiger partial charge in [-0.25, -0.2) is 4.98 Å². The molecule has 2 fully saturated rings. The number of halogens is 2. The van der Waals surface area contributed by atoms with E-state index in [2.05, 4.69) is 67.6 Å². The number of fused-ring (bicyclic) bond motifs is 2. The Balaban J connectivity index is 0.000000176. The van der Waals surface area contributed by atoms with Gasteiger partial charge in [-0.05, 0) is 98.1 Å². The Kier molecular flexibility index (Phi) is 18.2. The molecule has 1 amide bonds. The second-order valence-electron chi connectivity index (χ2n) is 17.2. The Hall–Kier alpha value is -5.29. The van der Waals surface area contributed by atoms with Crippen LogP contribution in [0.3, 0.4) is 0 Å². The highest BCUT2D eigenvalue weighted by molar-refractivity contribution is 6.34. The van der Waals surface area contributed by atoms with Crippen LogP contribution in [0.25, 0.3) is 22.1 Å². The molecule has 0 aliphatic carbocycles. The molecule has 0 bridgehead atoms. The Bertz CT molecular complexity index is 2630. The number of rotatable bonds is 16. The number of anilines is 2. The van der Waals surface area contributed by atoms with Crippen LogP contribution in [0.5, 0.6) is 11.5 Å². The van der Waals surface area contributed by atoms with E-state index in [4.69, 9.17) is 38.4 Å². The minimum absolute atomic E-state index is 0.104. The third-order valence-electron chi connectivity index (χ3n) is 12.2. The summed E-state index contributed by atoms with van der Waals surface area (Å²) >= 11 is 12.1. The first kappa shape index (κ1) is 50.1. The van der Waals surface area contributed by atoms with Crippen LogP contribution in [0.1, 0.15) is 116 Å². The standard InChI is InChI=1S/C20H25ClN6O.C19H29N5O2.C9H12ClNO/c1-12-9-23-16(13(2)17(12)28-3)11-27-14(10-26-6-4-5-7-26)8-15-18(21)24-20(22)25-19(15)27;1-2-3-4-5-6-9-16(25)21-19-22-17-15(18(26)23-19)12-14(20-17)13-24-10-7-8-11-24;1-6-5-11-8(4-10)7(2)9(6)12-3/h8-9H,4-7,10-11H2,1-3H3,(H2,22,24,25);12H,2-11,13H2,1H3,(H3,20,21,22,23,25,26);5H,4H2,1-3H3. The Morgan fingerprint density at radius 2 is 1.39 bits per heavy atom. The van der Waals surface area contributed by atoms with Gasteiger partial charge in [-0.1, -0.05) is 44.2 Å². The number of likely N-dealkylation sites (tertiary alicyclic amines) is 2. The summed E-state index contributed by atoms with van der Waals surface area (Å²) in [5.41, 5.74) is 15.0. The first-order valence-electron chi connectivity index (χ1n) is 23.1. The molecule has 356 valence electrons. The van der Waals surface area contributed by atoms with Crippen molar-refractivity contribution in [1.82, 2.24) is 49.3 Å². The molecule has 2 aliphatic heterocycles. The van der Waals surface area contributed by atoms with Crippen LogP contribution >= 0.6 is 23.2 Å². The highest BCUT2D eigenvalue weighted by atomic mass is 35.5. The molecule has 0 spiro atoms. The van der Waals surface area contributed by atoms with Crippen molar-refractivity contribution in [1.29, 1.82) is 0 Å². The maximum atomic E-state index is 12.3. The van der Waals surface area contributed by atoms with Gasteiger partial charge in [0.2, 0.25) is 17.8 Å². The third kappa shape index (κ3) is 12.8.